The Kier molecular flexibility index (Phi) is 3.45. The van der Waals surface area contributed by atoms with Gasteiger partial charge in [-0.1, -0.05) is 18.2 Å². The maximum absolute atomic E-state index is 12.7. The smallest absolute Gasteiger partial charge is 0.397 e. The van der Waals surface area contributed by atoms with Crippen molar-refractivity contribution in [2.24, 2.45) is 5.41 Å². The van der Waals surface area contributed by atoms with Gasteiger partial charge in [0.2, 0.25) is 0 Å². The minimum Gasteiger partial charge on any atom is -0.462 e. The highest BCUT2D eigenvalue weighted by Crippen LogP contribution is 2.44. The highest BCUT2D eigenvalue weighted by atomic mass is 19.4. The molecule has 0 saturated heterocycles. The standard InChI is InChI=1S/C11H13F3O2/c1-3-16-9(15)8-5-4-6-10(2,7-8)11(12,13)14/h4-5,7H,3,6H2,1-2H3. The van der Waals surface area contributed by atoms with E-state index in [0.717, 1.165) is 13.0 Å². The average Bonchev–Trinajstić information content (AvgIpc) is 2.16. The van der Waals surface area contributed by atoms with E-state index in [1.165, 1.54) is 12.2 Å². The van der Waals surface area contributed by atoms with Crippen LogP contribution >= 0.6 is 0 Å². The Bertz CT molecular complexity index is 342. The highest BCUT2D eigenvalue weighted by Gasteiger charge is 2.49. The molecule has 2 nitrogen and oxygen atoms in total. The number of allylic oxidation sites excluding steroid dienone is 2. The number of ether oxygens (including phenoxy) is 1. The van der Waals surface area contributed by atoms with E-state index in [-0.39, 0.29) is 18.6 Å². The van der Waals surface area contributed by atoms with Crippen LogP contribution in [0.15, 0.2) is 23.8 Å². The van der Waals surface area contributed by atoms with Gasteiger partial charge >= 0.3 is 12.1 Å². The predicted octanol–water partition coefficient (Wildman–Crippen LogP) is 3.00. The summed E-state index contributed by atoms with van der Waals surface area (Å²) in [4.78, 5) is 11.3. The van der Waals surface area contributed by atoms with E-state index < -0.39 is 17.6 Å². The minimum atomic E-state index is -4.37. The molecule has 1 unspecified atom stereocenters. The lowest BCUT2D eigenvalue weighted by molar-refractivity contribution is -0.199. The predicted molar refractivity (Wildman–Crippen MR) is 52.6 cm³/mol. The zero-order valence-corrected chi connectivity index (χ0v) is 9.10. The van der Waals surface area contributed by atoms with Crippen molar-refractivity contribution >= 4 is 5.97 Å². The first kappa shape index (κ1) is 12.8. The fraction of sp³-hybridized carbons (Fsp3) is 0.545. The number of alkyl halides is 3. The topological polar surface area (TPSA) is 26.3 Å². The Morgan fingerprint density at radius 1 is 1.56 bits per heavy atom. The molecule has 1 atom stereocenters. The lowest BCUT2D eigenvalue weighted by Gasteiger charge is -2.30. The van der Waals surface area contributed by atoms with E-state index in [4.69, 9.17) is 0 Å². The minimum absolute atomic E-state index is 0.0343. The Labute approximate surface area is 91.8 Å². The van der Waals surface area contributed by atoms with Crippen molar-refractivity contribution in [3.63, 3.8) is 0 Å². The van der Waals surface area contributed by atoms with Crippen LogP contribution < -0.4 is 0 Å². The first-order valence-electron chi connectivity index (χ1n) is 4.93. The molecule has 1 aliphatic rings. The number of rotatable bonds is 2. The van der Waals surface area contributed by atoms with Crippen LogP contribution in [-0.4, -0.2) is 18.8 Å². The monoisotopic (exact) mass is 234 g/mol. The number of esters is 1. The molecule has 0 saturated carbocycles. The molecule has 0 spiro atoms. The molecule has 0 amide bonds. The van der Waals surface area contributed by atoms with Crippen molar-refractivity contribution in [2.75, 3.05) is 6.61 Å². The van der Waals surface area contributed by atoms with E-state index in [1.54, 1.807) is 6.92 Å². The van der Waals surface area contributed by atoms with Crippen molar-refractivity contribution in [2.45, 2.75) is 26.4 Å². The summed E-state index contributed by atoms with van der Waals surface area (Å²) in [6, 6.07) is 0. The summed E-state index contributed by atoms with van der Waals surface area (Å²) in [7, 11) is 0. The Morgan fingerprint density at radius 3 is 2.69 bits per heavy atom. The number of hydrogen-bond acceptors (Lipinski definition) is 2. The van der Waals surface area contributed by atoms with Crippen LogP contribution in [0.1, 0.15) is 20.3 Å². The third-order valence-corrected chi connectivity index (χ3v) is 2.47. The molecule has 0 radical (unpaired) electrons. The summed E-state index contributed by atoms with van der Waals surface area (Å²) in [6.07, 6.45) is -0.870. The average molecular weight is 234 g/mol. The molecule has 5 heteroatoms. The zero-order chi connectivity index (χ0) is 12.4. The van der Waals surface area contributed by atoms with E-state index in [0.29, 0.717) is 0 Å². The van der Waals surface area contributed by atoms with Gasteiger partial charge in [-0.3, -0.25) is 0 Å². The van der Waals surface area contributed by atoms with Gasteiger partial charge in [-0.2, -0.15) is 13.2 Å². The first-order chi connectivity index (χ1) is 7.30. The maximum Gasteiger partial charge on any atom is 0.397 e. The molecule has 0 N–H and O–H groups in total. The molecule has 0 aromatic rings. The van der Waals surface area contributed by atoms with Crippen molar-refractivity contribution in [1.82, 2.24) is 0 Å². The third kappa shape index (κ3) is 2.46. The summed E-state index contributed by atoms with van der Waals surface area (Å²) < 4.78 is 42.8. The Hall–Kier alpha value is -1.26. The van der Waals surface area contributed by atoms with Crippen LogP contribution in [0.25, 0.3) is 0 Å². The largest absolute Gasteiger partial charge is 0.462 e. The van der Waals surface area contributed by atoms with Gasteiger partial charge in [0.1, 0.15) is 0 Å². The van der Waals surface area contributed by atoms with Crippen molar-refractivity contribution < 1.29 is 22.7 Å². The summed E-state index contributed by atoms with van der Waals surface area (Å²) >= 11 is 0. The highest BCUT2D eigenvalue weighted by molar-refractivity contribution is 5.92. The second kappa shape index (κ2) is 4.31. The number of carbonyl (C=O) groups is 1. The van der Waals surface area contributed by atoms with Crippen molar-refractivity contribution in [3.8, 4) is 0 Å². The van der Waals surface area contributed by atoms with E-state index in [1.807, 2.05) is 0 Å². The quantitative estimate of drug-likeness (QED) is 0.686. The summed E-state index contributed by atoms with van der Waals surface area (Å²) in [5.41, 5.74) is -2.02. The van der Waals surface area contributed by atoms with Crippen molar-refractivity contribution in [1.29, 1.82) is 0 Å². The molecule has 0 aliphatic heterocycles. The van der Waals surface area contributed by atoms with Gasteiger partial charge in [-0.05, 0) is 20.3 Å². The van der Waals surface area contributed by atoms with Gasteiger partial charge < -0.3 is 4.74 Å². The van der Waals surface area contributed by atoms with Gasteiger partial charge in [0.05, 0.1) is 17.6 Å². The van der Waals surface area contributed by atoms with E-state index >= 15 is 0 Å². The van der Waals surface area contributed by atoms with Crippen LogP contribution in [0.4, 0.5) is 13.2 Å². The van der Waals surface area contributed by atoms with Gasteiger partial charge in [0, 0.05) is 0 Å². The Morgan fingerprint density at radius 2 is 2.19 bits per heavy atom. The van der Waals surface area contributed by atoms with Gasteiger partial charge in [0.25, 0.3) is 0 Å². The van der Waals surface area contributed by atoms with Crippen molar-refractivity contribution in [3.05, 3.63) is 23.8 Å². The molecular formula is C11H13F3O2. The van der Waals surface area contributed by atoms with Crippen LogP contribution in [-0.2, 0) is 9.53 Å². The molecule has 0 heterocycles. The molecule has 0 fully saturated rings. The first-order valence-corrected chi connectivity index (χ1v) is 4.93. The lowest BCUT2D eigenvalue weighted by Crippen LogP contribution is -2.34. The fourth-order valence-electron chi connectivity index (χ4n) is 1.42. The van der Waals surface area contributed by atoms with Gasteiger partial charge in [-0.15, -0.1) is 0 Å². The fourth-order valence-corrected chi connectivity index (χ4v) is 1.42. The number of hydrogen-bond donors (Lipinski definition) is 0. The molecule has 1 aliphatic carbocycles. The molecule has 90 valence electrons. The van der Waals surface area contributed by atoms with E-state index in [9.17, 15) is 18.0 Å². The SMILES string of the molecule is CCOC(=O)C1=CC(C)(C(F)(F)F)CC=C1. The summed E-state index contributed by atoms with van der Waals surface area (Å²) in [5, 5.41) is 0. The van der Waals surface area contributed by atoms with Crippen LogP contribution in [0.2, 0.25) is 0 Å². The van der Waals surface area contributed by atoms with Crippen LogP contribution in [0, 0.1) is 5.41 Å². The maximum atomic E-state index is 12.7. The molecule has 0 bridgehead atoms. The van der Waals surface area contributed by atoms with Crippen LogP contribution in [0.3, 0.4) is 0 Å². The molecule has 16 heavy (non-hydrogen) atoms. The summed E-state index contributed by atoms with van der Waals surface area (Å²) in [6.45, 7) is 2.82. The van der Waals surface area contributed by atoms with Crippen LogP contribution in [0.5, 0.6) is 0 Å². The van der Waals surface area contributed by atoms with Gasteiger partial charge in [0.15, 0.2) is 0 Å². The normalized spacial score (nSPS) is 25.2. The third-order valence-electron chi connectivity index (χ3n) is 2.47. The zero-order valence-electron chi connectivity index (χ0n) is 9.10. The molecule has 1 rings (SSSR count). The van der Waals surface area contributed by atoms with E-state index in [2.05, 4.69) is 4.74 Å². The lowest BCUT2D eigenvalue weighted by atomic mass is 9.81. The number of halogens is 3. The molecule has 0 aromatic carbocycles. The molecular weight excluding hydrogens is 221 g/mol. The second-order valence-electron chi connectivity index (χ2n) is 3.84. The second-order valence-corrected chi connectivity index (χ2v) is 3.84. The van der Waals surface area contributed by atoms with Gasteiger partial charge in [-0.25, -0.2) is 4.79 Å². The molecule has 0 aromatic heterocycles. The summed E-state index contributed by atoms with van der Waals surface area (Å²) in [5.74, 6) is -0.714. The number of carbonyl (C=O) groups excluding carboxylic acids is 1. The Balaban J connectivity index is 2.96.